The Morgan fingerprint density at radius 3 is 2.61 bits per heavy atom. The minimum Gasteiger partial charge on any atom is -0.477 e. The molecule has 4 heterocycles. The normalized spacial score (nSPS) is 15.5. The van der Waals surface area contributed by atoms with Crippen LogP contribution in [-0.4, -0.2) is 57.8 Å². The van der Waals surface area contributed by atoms with Gasteiger partial charge in [-0.1, -0.05) is 48.6 Å². The van der Waals surface area contributed by atoms with E-state index in [4.69, 9.17) is 24.7 Å². The second kappa shape index (κ2) is 10.7. The zero-order valence-electron chi connectivity index (χ0n) is 20.7. The van der Waals surface area contributed by atoms with Crippen molar-refractivity contribution in [1.29, 1.82) is 0 Å². The van der Waals surface area contributed by atoms with E-state index in [1.165, 1.54) is 11.3 Å². The number of rotatable bonds is 7. The number of nitrogens with zero attached hydrogens (tertiary/aromatic N) is 5. The number of aromatic nitrogens is 4. The van der Waals surface area contributed by atoms with Gasteiger partial charge in [0.1, 0.15) is 15.0 Å². The number of piperazine rings is 1. The Morgan fingerprint density at radius 1 is 1.11 bits per heavy atom. The van der Waals surface area contributed by atoms with Gasteiger partial charge in [0.15, 0.2) is 5.82 Å². The van der Waals surface area contributed by atoms with E-state index >= 15 is 0 Å². The van der Waals surface area contributed by atoms with Crippen LogP contribution >= 0.6 is 11.3 Å². The minimum absolute atomic E-state index is 0.527. The predicted octanol–water partition coefficient (Wildman–Crippen LogP) is 4.58. The van der Waals surface area contributed by atoms with Crippen molar-refractivity contribution in [2.24, 2.45) is 0 Å². The highest BCUT2D eigenvalue weighted by Crippen LogP contribution is 2.39. The van der Waals surface area contributed by atoms with Gasteiger partial charge in [-0.3, -0.25) is 0 Å². The Hall–Kier alpha value is -3.40. The molecule has 1 atom stereocenters. The molecule has 0 bridgehead atoms. The topological polar surface area (TPSA) is 96.3 Å². The van der Waals surface area contributed by atoms with Gasteiger partial charge in [0.05, 0.1) is 23.8 Å². The molecule has 0 spiro atoms. The highest BCUT2D eigenvalue weighted by Gasteiger charge is 2.22. The quantitative estimate of drug-likeness (QED) is 0.355. The van der Waals surface area contributed by atoms with Crippen molar-refractivity contribution in [1.82, 2.24) is 25.3 Å². The third-order valence-corrected chi connectivity index (χ3v) is 7.16. The summed E-state index contributed by atoms with van der Waals surface area (Å²) in [6.07, 6.45) is 6.74. The molecule has 1 fully saturated rings. The molecule has 36 heavy (non-hydrogen) atoms. The summed E-state index contributed by atoms with van der Waals surface area (Å²) in [5.41, 5.74) is 3.42. The van der Waals surface area contributed by atoms with Crippen LogP contribution in [0.25, 0.3) is 31.8 Å². The number of nitrogens with one attached hydrogen (secondary N) is 1. The summed E-state index contributed by atoms with van der Waals surface area (Å²) >= 11 is 1.54. The molecule has 1 saturated heterocycles. The molecule has 186 valence electrons. The van der Waals surface area contributed by atoms with Crippen LogP contribution in [0.3, 0.4) is 0 Å². The number of fused-ring (bicyclic) bond motifs is 3. The Morgan fingerprint density at radius 2 is 1.89 bits per heavy atom. The fraction of sp³-hybridized carbons (Fsp3) is 0.333. The first kappa shape index (κ1) is 24.3. The van der Waals surface area contributed by atoms with Crippen LogP contribution in [0, 0.1) is 6.92 Å². The average Bonchev–Trinajstić information content (AvgIpc) is 3.29. The summed E-state index contributed by atoms with van der Waals surface area (Å²) in [6, 6.07) is 7.71. The number of allylic oxidation sites excluding steroid dienone is 3. The fourth-order valence-corrected chi connectivity index (χ4v) is 5.37. The minimum atomic E-state index is -0.663. The summed E-state index contributed by atoms with van der Waals surface area (Å²) in [5, 5.41) is 14.7. The zero-order chi connectivity index (χ0) is 25.1. The van der Waals surface area contributed by atoms with Crippen molar-refractivity contribution >= 4 is 37.7 Å². The molecule has 0 aliphatic carbocycles. The van der Waals surface area contributed by atoms with Crippen LogP contribution in [0.1, 0.15) is 31.2 Å². The molecule has 3 aromatic heterocycles. The van der Waals surface area contributed by atoms with E-state index in [0.717, 1.165) is 63.4 Å². The molecule has 9 heteroatoms. The lowest BCUT2D eigenvalue weighted by atomic mass is 10.1. The predicted molar refractivity (Wildman–Crippen MR) is 146 cm³/mol. The molecular formula is C27H30N6O2S. The summed E-state index contributed by atoms with van der Waals surface area (Å²) in [6.45, 7) is 9.95. The first-order valence-electron chi connectivity index (χ1n) is 12.2. The van der Waals surface area contributed by atoms with E-state index in [1.807, 2.05) is 63.3 Å². The Kier molecular flexibility index (Phi) is 7.22. The lowest BCUT2D eigenvalue weighted by Gasteiger charge is -2.27. The number of thiophene rings is 1. The van der Waals surface area contributed by atoms with Crippen molar-refractivity contribution in [3.8, 4) is 17.3 Å². The maximum absolute atomic E-state index is 10.4. The smallest absolute Gasteiger partial charge is 0.236 e. The number of aryl methyl sites for hydroxylation is 1. The molecule has 1 aliphatic rings. The van der Waals surface area contributed by atoms with Gasteiger partial charge in [-0.15, -0.1) is 11.3 Å². The van der Waals surface area contributed by atoms with Crippen LogP contribution < -0.4 is 15.0 Å². The third kappa shape index (κ3) is 4.82. The molecule has 0 saturated carbocycles. The maximum atomic E-state index is 10.4. The van der Waals surface area contributed by atoms with E-state index in [-0.39, 0.29) is 0 Å². The van der Waals surface area contributed by atoms with Gasteiger partial charge in [0, 0.05) is 31.7 Å². The van der Waals surface area contributed by atoms with Gasteiger partial charge in [0.25, 0.3) is 0 Å². The van der Waals surface area contributed by atoms with Gasteiger partial charge in [0.2, 0.25) is 11.8 Å². The number of anilines is 1. The molecule has 0 amide bonds. The van der Waals surface area contributed by atoms with Gasteiger partial charge in [-0.05, 0) is 26.3 Å². The summed E-state index contributed by atoms with van der Waals surface area (Å²) in [4.78, 5) is 22.5. The van der Waals surface area contributed by atoms with Crippen LogP contribution in [0.4, 0.5) is 5.95 Å². The lowest BCUT2D eigenvalue weighted by Crippen LogP contribution is -2.44. The van der Waals surface area contributed by atoms with Gasteiger partial charge in [-0.25, -0.2) is 15.0 Å². The maximum Gasteiger partial charge on any atom is 0.236 e. The van der Waals surface area contributed by atoms with Gasteiger partial charge in [-0.2, -0.15) is 4.98 Å². The van der Waals surface area contributed by atoms with Crippen molar-refractivity contribution in [3.63, 3.8) is 0 Å². The SMILES string of the molecule is C/C=C/C=C/C(O)c1ccc(-c2nc(C)c3c(n2)sc2c(OCC)nc(N4CCNCC4)nc23)cc1. The lowest BCUT2D eigenvalue weighted by molar-refractivity contribution is 0.228. The van der Waals surface area contributed by atoms with Gasteiger partial charge >= 0.3 is 0 Å². The Labute approximate surface area is 214 Å². The number of benzene rings is 1. The van der Waals surface area contributed by atoms with Crippen molar-refractivity contribution in [3.05, 3.63) is 59.8 Å². The standard InChI is InChI=1S/C27H30N6O2S/c1-4-6-7-8-20(34)18-9-11-19(12-10-18)24-29-17(3)21-22-23(36-26(21)31-24)25(35-5-2)32-27(30-22)33-15-13-28-14-16-33/h4,6-12,20,28,34H,5,13-16H2,1-3H3/b6-4+,8-7+. The highest BCUT2D eigenvalue weighted by atomic mass is 32.1. The molecule has 8 nitrogen and oxygen atoms in total. The van der Waals surface area contributed by atoms with Crippen LogP contribution in [0.15, 0.2) is 48.6 Å². The Bertz CT molecular complexity index is 1420. The molecule has 2 N–H and O–H groups in total. The van der Waals surface area contributed by atoms with Crippen LogP contribution in [-0.2, 0) is 0 Å². The Balaban J connectivity index is 1.54. The van der Waals surface area contributed by atoms with E-state index in [9.17, 15) is 5.11 Å². The average molecular weight is 503 g/mol. The number of hydrogen-bond acceptors (Lipinski definition) is 9. The molecule has 1 unspecified atom stereocenters. The number of hydrogen-bond donors (Lipinski definition) is 2. The molecule has 1 aliphatic heterocycles. The summed E-state index contributed by atoms with van der Waals surface area (Å²) in [5.74, 6) is 1.93. The van der Waals surface area contributed by atoms with Crippen LogP contribution in [0.2, 0.25) is 0 Å². The van der Waals surface area contributed by atoms with E-state index in [1.54, 1.807) is 6.08 Å². The molecule has 4 aromatic rings. The first-order valence-corrected chi connectivity index (χ1v) is 13.1. The second-order valence-corrected chi connectivity index (χ2v) is 9.57. The monoisotopic (exact) mass is 502 g/mol. The highest BCUT2D eigenvalue weighted by molar-refractivity contribution is 7.25. The van der Waals surface area contributed by atoms with Crippen molar-refractivity contribution < 1.29 is 9.84 Å². The van der Waals surface area contributed by atoms with E-state index < -0.39 is 6.10 Å². The zero-order valence-corrected chi connectivity index (χ0v) is 21.5. The second-order valence-electron chi connectivity index (χ2n) is 8.57. The van der Waals surface area contributed by atoms with E-state index in [2.05, 4.69) is 10.2 Å². The molecule has 5 rings (SSSR count). The van der Waals surface area contributed by atoms with Crippen molar-refractivity contribution in [2.75, 3.05) is 37.7 Å². The van der Waals surface area contributed by atoms with E-state index in [0.29, 0.717) is 24.3 Å². The number of aliphatic hydroxyl groups is 1. The molecule has 1 aromatic carbocycles. The largest absolute Gasteiger partial charge is 0.477 e. The summed E-state index contributed by atoms with van der Waals surface area (Å²) in [7, 11) is 0. The number of aliphatic hydroxyl groups excluding tert-OH is 1. The van der Waals surface area contributed by atoms with Crippen molar-refractivity contribution in [2.45, 2.75) is 26.9 Å². The molecule has 0 radical (unpaired) electrons. The van der Waals surface area contributed by atoms with Crippen LogP contribution in [0.5, 0.6) is 5.88 Å². The third-order valence-electron chi connectivity index (χ3n) is 6.10. The summed E-state index contributed by atoms with van der Waals surface area (Å²) < 4.78 is 6.84. The van der Waals surface area contributed by atoms with Gasteiger partial charge < -0.3 is 20.1 Å². The fourth-order valence-electron chi connectivity index (χ4n) is 4.26. The first-order chi connectivity index (χ1) is 17.6. The molecular weight excluding hydrogens is 472 g/mol. The number of ether oxygens (including phenoxy) is 1.